The molecule has 0 aliphatic carbocycles. The summed E-state index contributed by atoms with van der Waals surface area (Å²) in [7, 11) is -3.72. The Hall–Kier alpha value is -2.36. The smallest absolute Gasteiger partial charge is 0.244 e. The van der Waals surface area contributed by atoms with E-state index in [4.69, 9.17) is 4.74 Å². The molecule has 0 unspecified atom stereocenters. The Bertz CT molecular complexity index is 886. The van der Waals surface area contributed by atoms with E-state index in [0.29, 0.717) is 13.2 Å². The van der Waals surface area contributed by atoms with Gasteiger partial charge in [-0.2, -0.15) is 9.57 Å². The van der Waals surface area contributed by atoms with Gasteiger partial charge in [0.15, 0.2) is 0 Å². The first-order chi connectivity index (χ1) is 12.1. The molecule has 0 amide bonds. The summed E-state index contributed by atoms with van der Waals surface area (Å²) in [4.78, 5) is 0.0790. The van der Waals surface area contributed by atoms with Crippen LogP contribution < -0.4 is 4.74 Å². The lowest BCUT2D eigenvalue weighted by atomic mass is 10.1. The molecule has 2 aromatic rings. The van der Waals surface area contributed by atoms with Crippen molar-refractivity contribution in [1.82, 2.24) is 4.31 Å². The summed E-state index contributed by atoms with van der Waals surface area (Å²) < 4.78 is 33.2. The third kappa shape index (κ3) is 3.39. The number of rotatable bonds is 5. The van der Waals surface area contributed by atoms with Gasteiger partial charge in [-0.25, -0.2) is 8.42 Å². The first-order valence-corrected chi connectivity index (χ1v) is 9.75. The number of ether oxygens (including phenoxy) is 1. The third-order valence-corrected chi connectivity index (χ3v) is 6.34. The van der Waals surface area contributed by atoms with Crippen LogP contribution in [0, 0.1) is 11.3 Å². The second-order valence-electron chi connectivity index (χ2n) is 5.88. The van der Waals surface area contributed by atoms with E-state index in [2.05, 4.69) is 0 Å². The summed E-state index contributed by atoms with van der Waals surface area (Å²) in [5, 5.41) is 9.24. The molecule has 1 atom stereocenters. The van der Waals surface area contributed by atoms with Crippen LogP contribution in [0.1, 0.15) is 36.9 Å². The molecule has 130 valence electrons. The zero-order valence-corrected chi connectivity index (χ0v) is 14.9. The first-order valence-electron chi connectivity index (χ1n) is 8.31. The highest BCUT2D eigenvalue weighted by atomic mass is 32.2. The molecule has 1 aliphatic rings. The number of hydrogen-bond acceptors (Lipinski definition) is 4. The zero-order valence-electron chi connectivity index (χ0n) is 14.1. The van der Waals surface area contributed by atoms with E-state index in [9.17, 15) is 13.7 Å². The second-order valence-corrected chi connectivity index (χ2v) is 7.74. The fourth-order valence-electron chi connectivity index (χ4n) is 3.22. The van der Waals surface area contributed by atoms with Crippen molar-refractivity contribution in [3.05, 3.63) is 59.7 Å². The van der Waals surface area contributed by atoms with Gasteiger partial charge in [-0.3, -0.25) is 0 Å². The molecule has 6 heteroatoms. The summed E-state index contributed by atoms with van der Waals surface area (Å²) in [5.41, 5.74) is 1.12. The van der Waals surface area contributed by atoms with Gasteiger partial charge in [-0.15, -0.1) is 0 Å². The molecule has 2 aromatic carbocycles. The predicted molar refractivity (Wildman–Crippen MR) is 94.6 cm³/mol. The maximum Gasteiger partial charge on any atom is 0.244 e. The lowest BCUT2D eigenvalue weighted by molar-refractivity contribution is 0.339. The van der Waals surface area contributed by atoms with Crippen LogP contribution in [0.4, 0.5) is 0 Å². The quantitative estimate of drug-likeness (QED) is 0.822. The fourth-order valence-corrected chi connectivity index (χ4v) is 5.05. The van der Waals surface area contributed by atoms with Crippen LogP contribution in [-0.2, 0) is 10.0 Å². The van der Waals surface area contributed by atoms with Crippen molar-refractivity contribution in [2.75, 3.05) is 13.2 Å². The first kappa shape index (κ1) is 17.5. The van der Waals surface area contributed by atoms with Gasteiger partial charge >= 0.3 is 0 Å². The molecular weight excluding hydrogens is 336 g/mol. The van der Waals surface area contributed by atoms with Crippen LogP contribution in [-0.4, -0.2) is 25.9 Å². The summed E-state index contributed by atoms with van der Waals surface area (Å²) in [6.07, 6.45) is 1.56. The van der Waals surface area contributed by atoms with Crippen molar-refractivity contribution in [3.63, 3.8) is 0 Å². The summed E-state index contributed by atoms with van der Waals surface area (Å²) in [6, 6.07) is 15.7. The predicted octanol–water partition coefficient (Wildman–Crippen LogP) is 3.48. The topological polar surface area (TPSA) is 70.4 Å². The molecule has 0 aromatic heterocycles. The molecule has 5 nitrogen and oxygen atoms in total. The largest absolute Gasteiger partial charge is 0.494 e. The van der Waals surface area contributed by atoms with Crippen LogP contribution in [0.25, 0.3) is 0 Å². The van der Waals surface area contributed by atoms with E-state index >= 15 is 0 Å². The van der Waals surface area contributed by atoms with E-state index in [1.807, 2.05) is 37.3 Å². The molecular formula is C19H20N2O3S. The molecule has 0 radical (unpaired) electrons. The minimum Gasteiger partial charge on any atom is -0.494 e. The van der Waals surface area contributed by atoms with Crippen LogP contribution in [0.5, 0.6) is 5.75 Å². The maximum atomic E-state index is 13.1. The molecule has 0 spiro atoms. The van der Waals surface area contributed by atoms with E-state index in [1.54, 1.807) is 12.1 Å². The molecule has 1 fully saturated rings. The molecule has 1 saturated heterocycles. The Labute approximate surface area is 148 Å². The molecule has 3 rings (SSSR count). The average molecular weight is 356 g/mol. The normalized spacial score (nSPS) is 18.0. The van der Waals surface area contributed by atoms with Crippen LogP contribution in [0.2, 0.25) is 0 Å². The minimum absolute atomic E-state index is 0.0790. The lowest BCUT2D eigenvalue weighted by Crippen LogP contribution is -2.31. The molecule has 25 heavy (non-hydrogen) atoms. The standard InChI is InChI=1S/C19H20N2O3S/c1-2-24-17-11-9-15(10-12-17)18-7-5-13-21(18)25(22,23)19-8-4-3-6-16(19)14-20/h3-4,6,8-12,18H,2,5,7,13H2,1H3/t18-/m0/s1. The van der Waals surface area contributed by atoms with Gasteiger partial charge in [-0.1, -0.05) is 24.3 Å². The number of nitriles is 1. The van der Waals surface area contributed by atoms with Gasteiger partial charge in [0, 0.05) is 6.54 Å². The number of nitrogens with zero attached hydrogens (tertiary/aromatic N) is 2. The van der Waals surface area contributed by atoms with Crippen molar-refractivity contribution in [3.8, 4) is 11.8 Å². The van der Waals surface area contributed by atoms with Crippen molar-refractivity contribution in [1.29, 1.82) is 5.26 Å². The van der Waals surface area contributed by atoms with E-state index in [-0.39, 0.29) is 16.5 Å². The third-order valence-electron chi connectivity index (χ3n) is 4.37. The lowest BCUT2D eigenvalue weighted by Gasteiger charge is -2.25. The fraction of sp³-hybridized carbons (Fsp3) is 0.316. The van der Waals surface area contributed by atoms with Crippen LogP contribution in [0.3, 0.4) is 0 Å². The zero-order chi connectivity index (χ0) is 17.9. The van der Waals surface area contributed by atoms with Crippen molar-refractivity contribution < 1.29 is 13.2 Å². The monoisotopic (exact) mass is 356 g/mol. The maximum absolute atomic E-state index is 13.1. The van der Waals surface area contributed by atoms with Gasteiger partial charge in [0.2, 0.25) is 10.0 Å². The summed E-state index contributed by atoms with van der Waals surface area (Å²) >= 11 is 0. The Balaban J connectivity index is 1.94. The minimum atomic E-state index is -3.72. The molecule has 0 bridgehead atoms. The Morgan fingerprint density at radius 1 is 1.20 bits per heavy atom. The van der Waals surface area contributed by atoms with Crippen molar-refractivity contribution in [2.45, 2.75) is 30.7 Å². The van der Waals surface area contributed by atoms with Crippen molar-refractivity contribution in [2.24, 2.45) is 0 Å². The Kier molecular flexibility index (Phi) is 5.07. The van der Waals surface area contributed by atoms with Gasteiger partial charge in [0.05, 0.1) is 23.1 Å². The second kappa shape index (κ2) is 7.26. The molecule has 1 aliphatic heterocycles. The number of sulfonamides is 1. The van der Waals surface area contributed by atoms with Crippen LogP contribution >= 0.6 is 0 Å². The highest BCUT2D eigenvalue weighted by Gasteiger charge is 2.37. The van der Waals surface area contributed by atoms with E-state index in [1.165, 1.54) is 16.4 Å². The van der Waals surface area contributed by atoms with Crippen molar-refractivity contribution >= 4 is 10.0 Å². The summed E-state index contributed by atoms with van der Waals surface area (Å²) in [6.45, 7) is 2.97. The average Bonchev–Trinajstić information content (AvgIpc) is 3.13. The highest BCUT2D eigenvalue weighted by molar-refractivity contribution is 7.89. The highest BCUT2D eigenvalue weighted by Crippen LogP contribution is 2.37. The molecule has 1 heterocycles. The van der Waals surface area contributed by atoms with Crippen LogP contribution in [0.15, 0.2) is 53.4 Å². The number of benzene rings is 2. The summed E-state index contributed by atoms with van der Waals surface area (Å²) in [5.74, 6) is 0.772. The van der Waals surface area contributed by atoms with Gasteiger partial charge in [0.25, 0.3) is 0 Å². The molecule has 0 saturated carbocycles. The van der Waals surface area contributed by atoms with Gasteiger partial charge in [-0.05, 0) is 49.6 Å². The van der Waals surface area contributed by atoms with E-state index in [0.717, 1.165) is 24.2 Å². The molecule has 0 N–H and O–H groups in total. The van der Waals surface area contributed by atoms with E-state index < -0.39 is 10.0 Å². The SMILES string of the molecule is CCOc1ccc([C@@H]2CCCN2S(=O)(=O)c2ccccc2C#N)cc1. The van der Waals surface area contributed by atoms with Gasteiger partial charge < -0.3 is 4.74 Å². The Morgan fingerprint density at radius 2 is 1.92 bits per heavy atom. The van der Waals surface area contributed by atoms with Gasteiger partial charge in [0.1, 0.15) is 11.8 Å². The number of hydrogen-bond donors (Lipinski definition) is 0. The Morgan fingerprint density at radius 3 is 2.60 bits per heavy atom.